The molecule has 1 heterocycles. The zero-order valence-corrected chi connectivity index (χ0v) is 9.37. The van der Waals surface area contributed by atoms with Crippen LogP contribution in [-0.2, 0) is 0 Å². The number of oxazole rings is 1. The van der Waals surface area contributed by atoms with E-state index in [1.54, 1.807) is 12.1 Å². The number of rotatable bonds is 3. The number of nitrogens with one attached hydrogen (secondary N) is 1. The summed E-state index contributed by atoms with van der Waals surface area (Å²) in [5.41, 5.74) is 0.550. The van der Waals surface area contributed by atoms with Crippen molar-refractivity contribution in [3.63, 3.8) is 0 Å². The van der Waals surface area contributed by atoms with Crippen LogP contribution in [0.2, 0.25) is 0 Å². The third-order valence-corrected chi connectivity index (χ3v) is 3.04. The molecule has 3 rings (SSSR count). The van der Waals surface area contributed by atoms with Crippen LogP contribution in [0.15, 0.2) is 22.6 Å². The smallest absolute Gasteiger partial charge is 0.298 e. The van der Waals surface area contributed by atoms with Gasteiger partial charge in [0.15, 0.2) is 11.1 Å². The fourth-order valence-corrected chi connectivity index (χ4v) is 2.02. The Bertz CT molecular complexity index is 603. The van der Waals surface area contributed by atoms with Crippen LogP contribution in [0.1, 0.15) is 12.8 Å². The van der Waals surface area contributed by atoms with Crippen molar-refractivity contribution >= 4 is 22.8 Å². The highest BCUT2D eigenvalue weighted by molar-refractivity contribution is 5.84. The highest BCUT2D eigenvalue weighted by atomic mass is 16.6. The molecule has 0 amide bonds. The van der Waals surface area contributed by atoms with Gasteiger partial charge in [-0.25, -0.2) is 0 Å². The van der Waals surface area contributed by atoms with E-state index in [9.17, 15) is 15.2 Å². The summed E-state index contributed by atoms with van der Waals surface area (Å²) >= 11 is 0. The largest absolute Gasteiger partial charge is 0.423 e. The van der Waals surface area contributed by atoms with E-state index in [0.717, 1.165) is 0 Å². The molecule has 0 bridgehead atoms. The maximum Gasteiger partial charge on any atom is 0.298 e. The molecule has 1 aliphatic rings. The molecule has 1 aliphatic carbocycles. The van der Waals surface area contributed by atoms with Crippen molar-refractivity contribution in [2.75, 3.05) is 5.32 Å². The van der Waals surface area contributed by atoms with Gasteiger partial charge in [-0.15, -0.1) is 0 Å². The molecule has 0 spiro atoms. The first-order valence-electron chi connectivity index (χ1n) is 5.62. The lowest BCUT2D eigenvalue weighted by atomic mass is 9.90. The van der Waals surface area contributed by atoms with Gasteiger partial charge in [0.25, 0.3) is 11.7 Å². The van der Waals surface area contributed by atoms with Crippen LogP contribution in [0, 0.1) is 10.1 Å². The van der Waals surface area contributed by atoms with Gasteiger partial charge in [-0.1, -0.05) is 6.07 Å². The Morgan fingerprint density at radius 2 is 2.28 bits per heavy atom. The maximum absolute atomic E-state index is 10.8. The van der Waals surface area contributed by atoms with Gasteiger partial charge in [-0.2, -0.15) is 4.98 Å². The Hall–Kier alpha value is -2.15. The van der Waals surface area contributed by atoms with Gasteiger partial charge in [0.1, 0.15) is 0 Å². The minimum Gasteiger partial charge on any atom is -0.423 e. The van der Waals surface area contributed by atoms with Crippen molar-refractivity contribution in [2.24, 2.45) is 0 Å². The zero-order chi connectivity index (χ0) is 12.7. The molecule has 1 saturated carbocycles. The van der Waals surface area contributed by atoms with Gasteiger partial charge in [0, 0.05) is 12.1 Å². The van der Waals surface area contributed by atoms with E-state index in [4.69, 9.17) is 4.42 Å². The number of hydrogen-bond acceptors (Lipinski definition) is 6. The number of anilines is 1. The van der Waals surface area contributed by atoms with Crippen molar-refractivity contribution in [3.8, 4) is 0 Å². The Kier molecular flexibility index (Phi) is 2.41. The number of aliphatic hydroxyl groups is 1. The first-order valence-corrected chi connectivity index (χ1v) is 5.62. The van der Waals surface area contributed by atoms with Gasteiger partial charge in [-0.05, 0) is 18.9 Å². The summed E-state index contributed by atoms with van der Waals surface area (Å²) in [4.78, 5) is 14.4. The van der Waals surface area contributed by atoms with Gasteiger partial charge >= 0.3 is 0 Å². The molecule has 0 radical (unpaired) electrons. The number of nitro benzene ring substituents is 1. The second kappa shape index (κ2) is 3.95. The normalized spacial score (nSPS) is 22.7. The zero-order valence-electron chi connectivity index (χ0n) is 9.37. The quantitative estimate of drug-likeness (QED) is 0.633. The summed E-state index contributed by atoms with van der Waals surface area (Å²) in [6, 6.07) is 4.96. The third kappa shape index (κ3) is 1.78. The highest BCUT2D eigenvalue weighted by Gasteiger charge is 2.28. The van der Waals surface area contributed by atoms with Crippen molar-refractivity contribution in [1.82, 2.24) is 4.98 Å². The lowest BCUT2D eigenvalue weighted by Gasteiger charge is -2.31. The lowest BCUT2D eigenvalue weighted by molar-refractivity contribution is -0.383. The van der Waals surface area contributed by atoms with Crippen LogP contribution in [-0.4, -0.2) is 27.2 Å². The van der Waals surface area contributed by atoms with E-state index in [0.29, 0.717) is 18.4 Å². The third-order valence-electron chi connectivity index (χ3n) is 3.04. The molecule has 94 valence electrons. The number of nitro groups is 1. The molecule has 18 heavy (non-hydrogen) atoms. The van der Waals surface area contributed by atoms with Crippen LogP contribution < -0.4 is 5.32 Å². The number of aliphatic hydroxyl groups excluding tert-OH is 1. The highest BCUT2D eigenvalue weighted by Crippen LogP contribution is 2.29. The topological polar surface area (TPSA) is 101 Å². The van der Waals surface area contributed by atoms with Crippen LogP contribution in [0.5, 0.6) is 0 Å². The molecular weight excluding hydrogens is 238 g/mol. The van der Waals surface area contributed by atoms with E-state index in [1.807, 2.05) is 0 Å². The molecule has 0 atom stereocenters. The molecule has 0 unspecified atom stereocenters. The molecule has 1 fully saturated rings. The van der Waals surface area contributed by atoms with E-state index in [2.05, 4.69) is 10.3 Å². The Labute approximate surface area is 102 Å². The van der Waals surface area contributed by atoms with Gasteiger partial charge < -0.3 is 14.8 Å². The average Bonchev–Trinajstić information content (AvgIpc) is 2.68. The molecule has 2 aromatic rings. The first kappa shape index (κ1) is 11.0. The standard InChI is InChI=1S/C11H11N3O4/c15-7-4-6(5-7)12-11-13-10-8(14(16)17)2-1-3-9(10)18-11/h1-3,6-7,15H,4-5H2,(H,12,13). The van der Waals surface area contributed by atoms with E-state index in [1.165, 1.54) is 6.07 Å². The molecular formula is C11H11N3O4. The van der Waals surface area contributed by atoms with Crippen LogP contribution >= 0.6 is 0 Å². The average molecular weight is 249 g/mol. The number of hydrogen-bond donors (Lipinski definition) is 2. The molecule has 7 nitrogen and oxygen atoms in total. The molecule has 1 aromatic carbocycles. The monoisotopic (exact) mass is 249 g/mol. The van der Waals surface area contributed by atoms with Crippen molar-refractivity contribution < 1.29 is 14.4 Å². The van der Waals surface area contributed by atoms with Crippen molar-refractivity contribution in [1.29, 1.82) is 0 Å². The van der Waals surface area contributed by atoms with Gasteiger partial charge in [0.2, 0.25) is 0 Å². The minimum atomic E-state index is -0.484. The lowest BCUT2D eigenvalue weighted by Crippen LogP contribution is -2.39. The van der Waals surface area contributed by atoms with Crippen LogP contribution in [0.3, 0.4) is 0 Å². The maximum atomic E-state index is 10.8. The minimum absolute atomic E-state index is 0.0713. The Balaban J connectivity index is 1.91. The molecule has 1 aromatic heterocycles. The van der Waals surface area contributed by atoms with Crippen LogP contribution in [0.25, 0.3) is 11.1 Å². The molecule has 0 saturated heterocycles. The summed E-state index contributed by atoms with van der Waals surface area (Å²) in [6.07, 6.45) is 1.00. The predicted octanol–water partition coefficient (Wildman–Crippen LogP) is 1.67. The summed E-state index contributed by atoms with van der Waals surface area (Å²) < 4.78 is 5.39. The van der Waals surface area contributed by atoms with Crippen molar-refractivity contribution in [3.05, 3.63) is 28.3 Å². The summed E-state index contributed by atoms with van der Waals surface area (Å²) in [5.74, 6) is 0. The number of benzene rings is 1. The Morgan fingerprint density at radius 3 is 2.94 bits per heavy atom. The second-order valence-corrected chi connectivity index (χ2v) is 4.37. The number of para-hydroxylation sites is 1. The van der Waals surface area contributed by atoms with Crippen LogP contribution in [0.4, 0.5) is 11.7 Å². The first-order chi connectivity index (χ1) is 8.63. The fourth-order valence-electron chi connectivity index (χ4n) is 2.02. The van der Waals surface area contributed by atoms with Gasteiger partial charge in [0.05, 0.1) is 11.0 Å². The molecule has 2 N–H and O–H groups in total. The summed E-state index contributed by atoms with van der Waals surface area (Å²) in [5, 5.41) is 23.0. The van der Waals surface area contributed by atoms with E-state index in [-0.39, 0.29) is 29.4 Å². The van der Waals surface area contributed by atoms with Gasteiger partial charge in [-0.3, -0.25) is 10.1 Å². The molecule has 0 aliphatic heterocycles. The predicted molar refractivity (Wildman–Crippen MR) is 63.3 cm³/mol. The Morgan fingerprint density at radius 1 is 1.50 bits per heavy atom. The number of fused-ring (bicyclic) bond motifs is 1. The second-order valence-electron chi connectivity index (χ2n) is 4.37. The van der Waals surface area contributed by atoms with E-state index >= 15 is 0 Å². The summed E-state index contributed by atoms with van der Waals surface area (Å²) in [6.45, 7) is 0. The summed E-state index contributed by atoms with van der Waals surface area (Å²) in [7, 11) is 0. The molecule has 7 heteroatoms. The SMILES string of the molecule is O=[N+]([O-])c1cccc2oc(NC3CC(O)C3)nc12. The number of aromatic nitrogens is 1. The number of non-ortho nitro benzene ring substituents is 1. The fraction of sp³-hybridized carbons (Fsp3) is 0.364. The van der Waals surface area contributed by atoms with Crippen molar-refractivity contribution in [2.45, 2.75) is 25.0 Å². The van der Waals surface area contributed by atoms with E-state index < -0.39 is 4.92 Å². The number of nitrogens with zero attached hydrogens (tertiary/aromatic N) is 2.